The van der Waals surface area contributed by atoms with Gasteiger partial charge in [-0.2, -0.15) is 0 Å². The van der Waals surface area contributed by atoms with Gasteiger partial charge in [0.25, 0.3) is 11.7 Å². The van der Waals surface area contributed by atoms with Gasteiger partial charge in [0.2, 0.25) is 5.89 Å². The van der Waals surface area contributed by atoms with Gasteiger partial charge in [-0.15, -0.1) is 21.5 Å². The molecule has 0 bridgehead atoms. The Morgan fingerprint density at radius 3 is 2.56 bits per heavy atom. The molecule has 5 rings (SSSR count). The molecule has 0 radical (unpaired) electrons. The molecule has 0 saturated heterocycles. The molecular formula is C26H21N3O2S. The molecular weight excluding hydrogens is 418 g/mol. The van der Waals surface area contributed by atoms with Crippen LogP contribution < -0.4 is 0 Å². The number of benzene rings is 3. The molecule has 0 amide bonds. The molecule has 2 heterocycles. The molecule has 0 spiro atoms. The molecule has 0 aliphatic heterocycles. The van der Waals surface area contributed by atoms with E-state index in [2.05, 4.69) is 65.4 Å². The second-order valence-corrected chi connectivity index (χ2v) is 8.86. The van der Waals surface area contributed by atoms with Crippen molar-refractivity contribution in [1.82, 2.24) is 15.2 Å². The van der Waals surface area contributed by atoms with Crippen molar-refractivity contribution in [2.45, 2.75) is 26.7 Å². The SMILES string of the molecule is Cc1ccc(CCc2nnc(C(=O)c3nc4ccc(-c5ccccc5)cc4s3)o2)c(C)c1. The van der Waals surface area contributed by atoms with Gasteiger partial charge in [0.05, 0.1) is 10.2 Å². The van der Waals surface area contributed by atoms with E-state index in [1.54, 1.807) is 0 Å². The van der Waals surface area contributed by atoms with Crippen molar-refractivity contribution in [3.8, 4) is 11.1 Å². The maximum atomic E-state index is 12.9. The standard InChI is InChI=1S/C26H21N3O2S/c1-16-8-9-18(17(2)14-16)11-13-23-28-29-25(31-23)24(30)26-27-21-12-10-20(15-22(21)32-26)19-6-4-3-5-7-19/h3-10,12,14-15H,11,13H2,1-2H3. The smallest absolute Gasteiger partial charge is 0.291 e. The molecule has 0 aliphatic rings. The van der Waals surface area contributed by atoms with Crippen LogP contribution in [0.15, 0.2) is 71.1 Å². The molecule has 0 N–H and O–H groups in total. The van der Waals surface area contributed by atoms with Crippen molar-refractivity contribution in [2.24, 2.45) is 0 Å². The Morgan fingerprint density at radius 1 is 0.906 bits per heavy atom. The van der Waals surface area contributed by atoms with E-state index >= 15 is 0 Å². The molecule has 0 aliphatic carbocycles. The summed E-state index contributed by atoms with van der Waals surface area (Å²) in [6.45, 7) is 4.18. The number of carbonyl (C=O) groups excluding carboxylic acids is 1. The third-order valence-electron chi connectivity index (χ3n) is 5.46. The molecule has 5 nitrogen and oxygen atoms in total. The quantitative estimate of drug-likeness (QED) is 0.305. The first-order valence-corrected chi connectivity index (χ1v) is 11.3. The summed E-state index contributed by atoms with van der Waals surface area (Å²) in [5, 5.41) is 8.41. The molecule has 0 atom stereocenters. The van der Waals surface area contributed by atoms with Gasteiger partial charge in [0.15, 0.2) is 5.01 Å². The number of hydrogen-bond acceptors (Lipinski definition) is 6. The Balaban J connectivity index is 1.33. The molecule has 3 aromatic carbocycles. The topological polar surface area (TPSA) is 68.9 Å². The average Bonchev–Trinajstić information content (AvgIpc) is 3.45. The van der Waals surface area contributed by atoms with Gasteiger partial charge in [0.1, 0.15) is 0 Å². The third kappa shape index (κ3) is 4.09. The zero-order chi connectivity index (χ0) is 22.1. The van der Waals surface area contributed by atoms with Crippen LogP contribution in [-0.2, 0) is 12.8 Å². The van der Waals surface area contributed by atoms with E-state index in [4.69, 9.17) is 4.42 Å². The first-order chi connectivity index (χ1) is 15.6. The van der Waals surface area contributed by atoms with Gasteiger partial charge in [-0.3, -0.25) is 4.79 Å². The van der Waals surface area contributed by atoms with Gasteiger partial charge in [0, 0.05) is 6.42 Å². The van der Waals surface area contributed by atoms with Gasteiger partial charge in [-0.25, -0.2) is 4.98 Å². The molecule has 158 valence electrons. The summed E-state index contributed by atoms with van der Waals surface area (Å²) < 4.78 is 6.62. The highest BCUT2D eigenvalue weighted by Gasteiger charge is 2.21. The number of fused-ring (bicyclic) bond motifs is 1. The van der Waals surface area contributed by atoms with Crippen LogP contribution in [0.3, 0.4) is 0 Å². The van der Waals surface area contributed by atoms with Crippen LogP contribution in [0.25, 0.3) is 21.3 Å². The number of hydrogen-bond donors (Lipinski definition) is 0. The zero-order valence-electron chi connectivity index (χ0n) is 17.8. The molecule has 32 heavy (non-hydrogen) atoms. The lowest BCUT2D eigenvalue weighted by Crippen LogP contribution is -2.00. The maximum absolute atomic E-state index is 12.9. The number of ketones is 1. The van der Waals surface area contributed by atoms with Crippen molar-refractivity contribution >= 4 is 27.3 Å². The summed E-state index contributed by atoms with van der Waals surface area (Å²) in [5.74, 6) is 0.112. The van der Waals surface area contributed by atoms with Gasteiger partial charge in [-0.05, 0) is 54.7 Å². The second-order valence-electron chi connectivity index (χ2n) is 7.83. The molecule has 0 unspecified atom stereocenters. The fraction of sp³-hybridized carbons (Fsp3) is 0.154. The normalized spacial score (nSPS) is 11.2. The molecule has 5 aromatic rings. The number of aromatic nitrogens is 3. The average molecular weight is 440 g/mol. The summed E-state index contributed by atoms with van der Waals surface area (Å²) in [6.07, 6.45) is 1.37. The Bertz CT molecular complexity index is 1420. The first kappa shape index (κ1) is 20.3. The Hall–Kier alpha value is -3.64. The lowest BCUT2D eigenvalue weighted by atomic mass is 10.0. The lowest BCUT2D eigenvalue weighted by molar-refractivity contribution is 0.100. The van der Waals surface area contributed by atoms with E-state index in [9.17, 15) is 4.79 Å². The van der Waals surface area contributed by atoms with Crippen LogP contribution in [0, 0.1) is 13.8 Å². The minimum Gasteiger partial charge on any atom is -0.418 e. The van der Waals surface area contributed by atoms with E-state index in [1.807, 2.05) is 30.3 Å². The monoisotopic (exact) mass is 439 g/mol. The number of rotatable bonds is 6. The molecule has 0 fully saturated rings. The van der Waals surface area contributed by atoms with Gasteiger partial charge >= 0.3 is 0 Å². The fourth-order valence-electron chi connectivity index (χ4n) is 3.74. The highest BCUT2D eigenvalue weighted by molar-refractivity contribution is 7.20. The highest BCUT2D eigenvalue weighted by atomic mass is 32.1. The summed E-state index contributed by atoms with van der Waals surface area (Å²) >= 11 is 1.34. The summed E-state index contributed by atoms with van der Waals surface area (Å²) in [5.41, 5.74) is 6.72. The molecule has 6 heteroatoms. The van der Waals surface area contributed by atoms with Crippen LogP contribution in [-0.4, -0.2) is 21.0 Å². The predicted molar refractivity (Wildman–Crippen MR) is 126 cm³/mol. The minimum atomic E-state index is -0.335. The van der Waals surface area contributed by atoms with Crippen LogP contribution in [0.1, 0.15) is 38.3 Å². The van der Waals surface area contributed by atoms with Crippen LogP contribution in [0.4, 0.5) is 0 Å². The predicted octanol–water partition coefficient (Wildman–Crippen LogP) is 5.98. The van der Waals surface area contributed by atoms with E-state index in [1.165, 1.54) is 28.0 Å². The van der Waals surface area contributed by atoms with E-state index in [0.717, 1.165) is 27.8 Å². The fourth-order valence-corrected chi connectivity index (χ4v) is 4.67. The minimum absolute atomic E-state index is 0.0111. The van der Waals surface area contributed by atoms with Crippen molar-refractivity contribution in [3.05, 3.63) is 100 Å². The number of thiazole rings is 1. The van der Waals surface area contributed by atoms with Crippen molar-refractivity contribution < 1.29 is 9.21 Å². The number of nitrogens with zero attached hydrogens (tertiary/aromatic N) is 3. The first-order valence-electron chi connectivity index (χ1n) is 10.5. The Morgan fingerprint density at radius 2 is 1.75 bits per heavy atom. The molecule has 2 aromatic heterocycles. The summed E-state index contributed by atoms with van der Waals surface area (Å²) in [7, 11) is 0. The van der Waals surface area contributed by atoms with Crippen molar-refractivity contribution in [3.63, 3.8) is 0 Å². The van der Waals surface area contributed by atoms with Gasteiger partial charge < -0.3 is 4.42 Å². The third-order valence-corrected chi connectivity index (χ3v) is 6.47. The van der Waals surface area contributed by atoms with E-state index in [-0.39, 0.29) is 11.7 Å². The van der Waals surface area contributed by atoms with Gasteiger partial charge in [-0.1, -0.05) is 60.2 Å². The van der Waals surface area contributed by atoms with Crippen LogP contribution >= 0.6 is 11.3 Å². The Labute approximate surface area is 189 Å². The van der Waals surface area contributed by atoms with E-state index < -0.39 is 0 Å². The van der Waals surface area contributed by atoms with Crippen molar-refractivity contribution in [1.29, 1.82) is 0 Å². The second kappa shape index (κ2) is 8.48. The van der Waals surface area contributed by atoms with E-state index in [0.29, 0.717) is 17.3 Å². The summed E-state index contributed by atoms with van der Waals surface area (Å²) in [4.78, 5) is 17.4. The Kier molecular flexibility index (Phi) is 5.37. The zero-order valence-corrected chi connectivity index (χ0v) is 18.6. The van der Waals surface area contributed by atoms with Crippen LogP contribution in [0.5, 0.6) is 0 Å². The highest BCUT2D eigenvalue weighted by Crippen LogP contribution is 2.29. The summed E-state index contributed by atoms with van der Waals surface area (Å²) in [6, 6.07) is 22.5. The lowest BCUT2D eigenvalue weighted by Gasteiger charge is -2.04. The van der Waals surface area contributed by atoms with Crippen molar-refractivity contribution in [2.75, 3.05) is 0 Å². The number of aryl methyl sites for hydroxylation is 4. The number of carbonyl (C=O) groups is 1. The van der Waals surface area contributed by atoms with Crippen LogP contribution in [0.2, 0.25) is 0 Å². The largest absolute Gasteiger partial charge is 0.418 e. The maximum Gasteiger partial charge on any atom is 0.291 e. The molecule has 0 saturated carbocycles.